The highest BCUT2D eigenvalue weighted by Gasteiger charge is 2.26. The molecule has 0 heterocycles. The summed E-state index contributed by atoms with van der Waals surface area (Å²) in [4.78, 5) is -1.54. The van der Waals surface area contributed by atoms with Crippen LogP contribution in [0.3, 0.4) is 0 Å². The predicted octanol–water partition coefficient (Wildman–Crippen LogP) is 5.72. The van der Waals surface area contributed by atoms with Crippen LogP contribution in [0.4, 0.5) is 0 Å². The van der Waals surface area contributed by atoms with Gasteiger partial charge in [-0.05, 0) is 72.1 Å². The molecule has 0 saturated carbocycles. The van der Waals surface area contributed by atoms with E-state index in [4.69, 9.17) is 18.2 Å². The first-order valence-electron chi connectivity index (χ1n) is 12.3. The molecule has 42 heavy (non-hydrogen) atoms. The van der Waals surface area contributed by atoms with Crippen molar-refractivity contribution in [1.29, 1.82) is 0 Å². The Morgan fingerprint density at radius 1 is 0.738 bits per heavy atom. The van der Waals surface area contributed by atoms with Crippen LogP contribution in [0, 0.1) is 6.92 Å². The Labute approximate surface area is 247 Å². The molecule has 0 aromatic heterocycles. The molecule has 222 valence electrons. The third kappa shape index (κ3) is 6.66. The second-order valence-electron chi connectivity index (χ2n) is 9.79. The Hall–Kier alpha value is -3.75. The minimum atomic E-state index is -4.92. The summed E-state index contributed by atoms with van der Waals surface area (Å²) in [6.07, 6.45) is 0. The molecular formula is C29H28O10S3. The first-order valence-corrected chi connectivity index (χ1v) is 16.3. The lowest BCUT2D eigenvalue weighted by Gasteiger charge is -2.26. The van der Waals surface area contributed by atoms with Gasteiger partial charge in [0.05, 0.1) is 16.9 Å². The molecule has 4 aromatic rings. The van der Waals surface area contributed by atoms with E-state index in [-0.39, 0.29) is 27.6 Å². The van der Waals surface area contributed by atoms with Crippen molar-refractivity contribution < 1.29 is 43.8 Å². The number of benzene rings is 4. The van der Waals surface area contributed by atoms with Gasteiger partial charge < -0.3 is 13.7 Å². The summed E-state index contributed by atoms with van der Waals surface area (Å²) in [5.41, 5.74) is 2.01. The van der Waals surface area contributed by atoms with E-state index in [0.29, 0.717) is 5.56 Å². The van der Waals surface area contributed by atoms with Crippen LogP contribution in [0.25, 0.3) is 0 Å². The van der Waals surface area contributed by atoms with Gasteiger partial charge in [-0.25, -0.2) is 8.42 Å². The quantitative estimate of drug-likeness (QED) is 0.164. The van der Waals surface area contributed by atoms with E-state index >= 15 is 0 Å². The smallest absolute Gasteiger partial charge is 0.357 e. The van der Waals surface area contributed by atoms with Gasteiger partial charge in [-0.15, -0.1) is 0 Å². The number of methoxy groups -OCH3 is 1. The number of hydrogen-bond donors (Lipinski definition) is 2. The molecule has 0 fully saturated rings. The summed E-state index contributed by atoms with van der Waals surface area (Å²) in [5.74, 6) is 0.554. The molecule has 0 bridgehead atoms. The van der Waals surface area contributed by atoms with Gasteiger partial charge in [-0.2, -0.15) is 12.6 Å². The first-order chi connectivity index (χ1) is 19.6. The van der Waals surface area contributed by atoms with Gasteiger partial charge in [0.2, 0.25) is 9.84 Å². The van der Waals surface area contributed by atoms with Crippen LogP contribution < -0.4 is 13.7 Å². The summed E-state index contributed by atoms with van der Waals surface area (Å²) in [7, 11) is -7.66. The van der Waals surface area contributed by atoms with Crippen LogP contribution in [0.2, 0.25) is 0 Å². The number of aryl methyl sites for hydroxylation is 1. The van der Waals surface area contributed by atoms with E-state index in [0.717, 1.165) is 41.1 Å². The van der Waals surface area contributed by atoms with Crippen molar-refractivity contribution in [3.63, 3.8) is 0 Å². The highest BCUT2D eigenvalue weighted by atomic mass is 32.2. The monoisotopic (exact) mass is 632 g/mol. The molecule has 13 heteroatoms. The highest BCUT2D eigenvalue weighted by Crippen LogP contribution is 2.36. The molecule has 1 atom stereocenters. The fourth-order valence-electron chi connectivity index (χ4n) is 4.23. The fourth-order valence-corrected chi connectivity index (χ4v) is 6.58. The van der Waals surface area contributed by atoms with Crippen LogP contribution in [0.1, 0.15) is 30.5 Å². The van der Waals surface area contributed by atoms with Crippen molar-refractivity contribution in [1.82, 2.24) is 0 Å². The van der Waals surface area contributed by atoms with Gasteiger partial charge >= 0.3 is 11.4 Å². The van der Waals surface area contributed by atoms with Crippen LogP contribution in [0.5, 0.6) is 23.0 Å². The summed E-state index contributed by atoms with van der Waals surface area (Å²) in [6.45, 7) is 5.65. The van der Waals surface area contributed by atoms with Gasteiger partial charge in [0.15, 0.2) is 0 Å². The zero-order valence-corrected chi connectivity index (χ0v) is 25.4. The zero-order chi connectivity index (χ0) is 30.9. The van der Waals surface area contributed by atoms with E-state index in [1.165, 1.54) is 12.1 Å². The maximum atomic E-state index is 13.3. The van der Waals surface area contributed by atoms with Crippen LogP contribution in [0.15, 0.2) is 99.6 Å². The van der Waals surface area contributed by atoms with Crippen LogP contribution >= 0.6 is 0 Å². The van der Waals surface area contributed by atoms with E-state index in [1.54, 1.807) is 26.2 Å². The van der Waals surface area contributed by atoms with Gasteiger partial charge in [-0.1, -0.05) is 44.2 Å². The lowest BCUT2D eigenvalue weighted by Crippen LogP contribution is -2.18. The van der Waals surface area contributed by atoms with E-state index in [2.05, 4.69) is 0 Å². The maximum absolute atomic E-state index is 13.3. The van der Waals surface area contributed by atoms with Gasteiger partial charge in [-0.3, -0.25) is 9.11 Å². The van der Waals surface area contributed by atoms with Crippen molar-refractivity contribution in [3.05, 3.63) is 102 Å². The van der Waals surface area contributed by atoms with Gasteiger partial charge in [0, 0.05) is 11.5 Å². The van der Waals surface area contributed by atoms with Crippen LogP contribution in [-0.4, -0.2) is 37.3 Å². The summed E-state index contributed by atoms with van der Waals surface area (Å²) >= 11 is -2.69. The third-order valence-electron chi connectivity index (χ3n) is 6.75. The van der Waals surface area contributed by atoms with Gasteiger partial charge in [0.25, 0.3) is 10.1 Å². The Kier molecular flexibility index (Phi) is 8.81. The molecule has 0 spiro atoms. The van der Waals surface area contributed by atoms with E-state index in [9.17, 15) is 25.6 Å². The standard InChI is InChI=1S/C29H28O10S3/c1-19-5-14-24(17-27(19)39-40(30)31)41(32,33)25-15-16-26(28(18-25)42(34,35)36)38-23-12-8-21(9-13-23)29(2,3)20-6-10-22(37-4)11-7-20/h5-18H,1-4H3,(H,30,31)(H,34,35,36). The van der Waals surface area contributed by atoms with E-state index in [1.807, 2.05) is 50.2 Å². The first kappa shape index (κ1) is 31.2. The second-order valence-corrected chi connectivity index (χ2v) is 13.7. The predicted molar refractivity (Wildman–Crippen MR) is 156 cm³/mol. The van der Waals surface area contributed by atoms with Crippen molar-refractivity contribution in [3.8, 4) is 23.0 Å². The lowest BCUT2D eigenvalue weighted by molar-refractivity contribution is 0.414. The highest BCUT2D eigenvalue weighted by molar-refractivity contribution is 7.91. The molecule has 0 aliphatic heterocycles. The average Bonchev–Trinajstić information content (AvgIpc) is 2.93. The second kappa shape index (κ2) is 11.9. The maximum Gasteiger partial charge on any atom is 0.357 e. The summed E-state index contributed by atoms with van der Waals surface area (Å²) in [5, 5.41) is 0. The Morgan fingerprint density at radius 3 is 1.79 bits per heavy atom. The number of sulfone groups is 1. The zero-order valence-electron chi connectivity index (χ0n) is 23.0. The molecule has 0 amide bonds. The minimum absolute atomic E-state index is 0.148. The Bertz CT molecular complexity index is 1850. The lowest BCUT2D eigenvalue weighted by atomic mass is 9.78. The molecular weight excluding hydrogens is 605 g/mol. The fraction of sp³-hybridized carbons (Fsp3) is 0.172. The molecule has 4 rings (SSSR count). The molecule has 0 saturated heterocycles. The normalized spacial score (nSPS) is 12.9. The van der Waals surface area contributed by atoms with Crippen molar-refractivity contribution in [2.24, 2.45) is 0 Å². The molecule has 0 radical (unpaired) electrons. The Balaban J connectivity index is 1.65. The number of ether oxygens (including phenoxy) is 2. The largest absolute Gasteiger partial charge is 0.497 e. The number of rotatable bonds is 10. The van der Waals surface area contributed by atoms with E-state index < -0.39 is 41.1 Å². The molecule has 0 aliphatic carbocycles. The van der Waals surface area contributed by atoms with Crippen molar-refractivity contribution in [2.75, 3.05) is 7.11 Å². The summed E-state index contributed by atoms with van der Waals surface area (Å²) < 4.78 is 96.9. The molecule has 1 unspecified atom stereocenters. The van der Waals surface area contributed by atoms with Crippen molar-refractivity contribution >= 4 is 31.3 Å². The topological polar surface area (TPSA) is 154 Å². The summed E-state index contributed by atoms with van der Waals surface area (Å²) in [6, 6.07) is 21.3. The minimum Gasteiger partial charge on any atom is -0.497 e. The SMILES string of the molecule is COc1ccc(C(C)(C)c2ccc(Oc3ccc(S(=O)(=O)c4ccc(C)c(OS(=O)O)c4)cc3S(=O)(=O)O)cc2)cc1. The van der Waals surface area contributed by atoms with Gasteiger partial charge in [0.1, 0.15) is 27.9 Å². The third-order valence-corrected chi connectivity index (χ3v) is 9.70. The molecule has 4 aromatic carbocycles. The number of hydrogen-bond acceptors (Lipinski definition) is 8. The molecule has 0 aliphatic rings. The van der Waals surface area contributed by atoms with Crippen LogP contribution in [-0.2, 0) is 36.7 Å². The molecule has 2 N–H and O–H groups in total. The van der Waals surface area contributed by atoms with Crippen molar-refractivity contribution in [2.45, 2.75) is 40.9 Å². The Morgan fingerprint density at radius 2 is 1.26 bits per heavy atom. The average molecular weight is 633 g/mol. The molecule has 10 nitrogen and oxygen atoms in total.